The van der Waals surface area contributed by atoms with E-state index in [2.05, 4.69) is 85.0 Å². The van der Waals surface area contributed by atoms with Crippen LogP contribution >= 0.6 is 15.8 Å². The maximum Gasteiger partial charge on any atom is 0 e. The molecule has 4 fully saturated rings. The van der Waals surface area contributed by atoms with E-state index in [1.165, 1.54) is 152 Å². The van der Waals surface area contributed by atoms with E-state index in [9.17, 15) is 0 Å². The topological polar surface area (TPSA) is 0 Å². The van der Waals surface area contributed by atoms with E-state index in [1.807, 2.05) is 0 Å². The fourth-order valence-corrected chi connectivity index (χ4v) is 15.8. The van der Waals surface area contributed by atoms with Gasteiger partial charge in [-0.15, -0.1) is 0 Å². The Bertz CT molecular complexity index is 935. The van der Waals surface area contributed by atoms with Crippen molar-refractivity contribution in [2.24, 2.45) is 0 Å². The Labute approximate surface area is 294 Å². The van der Waals surface area contributed by atoms with Crippen molar-refractivity contribution in [2.75, 3.05) is 12.3 Å². The summed E-state index contributed by atoms with van der Waals surface area (Å²) in [4.78, 5) is 0. The summed E-state index contributed by atoms with van der Waals surface area (Å²) >= 11 is 0. The number of benzene rings is 2. The van der Waals surface area contributed by atoms with Crippen molar-refractivity contribution >= 4 is 28.0 Å². The first kappa shape index (κ1) is 37.3. The van der Waals surface area contributed by atoms with E-state index in [1.54, 1.807) is 0 Å². The summed E-state index contributed by atoms with van der Waals surface area (Å²) in [6.45, 7) is 0. The van der Waals surface area contributed by atoms with Gasteiger partial charge in [0.2, 0.25) is 0 Å². The van der Waals surface area contributed by atoms with E-state index in [4.69, 9.17) is 0 Å². The van der Waals surface area contributed by atoms with Gasteiger partial charge in [0.25, 0.3) is 0 Å². The molecule has 0 aromatic heterocycles. The number of hydrogen-bond acceptors (Lipinski definition) is 0. The van der Waals surface area contributed by atoms with Gasteiger partial charge in [-0.05, 0) is 97.5 Å². The third kappa shape index (κ3) is 13.1. The normalized spacial score (nSPS) is 21.2. The maximum absolute atomic E-state index is 2.50. The molecule has 0 saturated heterocycles. The van der Waals surface area contributed by atoms with Gasteiger partial charge in [-0.1, -0.05) is 178 Å². The van der Waals surface area contributed by atoms with Gasteiger partial charge < -0.3 is 0 Å². The fourth-order valence-electron chi connectivity index (χ4n) is 8.59. The Hall–Kier alpha value is -0.558. The predicted octanol–water partition coefficient (Wildman–Crippen LogP) is 13.7. The second-order valence-electron chi connectivity index (χ2n) is 14.2. The molecule has 0 aliphatic heterocycles. The molecule has 0 spiro atoms. The summed E-state index contributed by atoms with van der Waals surface area (Å²) in [6.07, 6.45) is 42.7. The zero-order chi connectivity index (χ0) is 30.1. The first-order valence-electron chi connectivity index (χ1n) is 18.8. The van der Waals surface area contributed by atoms with Crippen molar-refractivity contribution in [3.63, 3.8) is 0 Å². The van der Waals surface area contributed by atoms with Crippen LogP contribution in [-0.4, -0.2) is 35.0 Å². The second kappa shape index (κ2) is 22.1. The van der Waals surface area contributed by atoms with Crippen LogP contribution in [0, 0.1) is 0 Å². The Morgan fingerprint density at radius 2 is 0.667 bits per heavy atom. The van der Waals surface area contributed by atoms with Crippen molar-refractivity contribution in [1.29, 1.82) is 0 Å². The average molecular weight is 735 g/mol. The van der Waals surface area contributed by atoms with Crippen molar-refractivity contribution in [1.82, 2.24) is 0 Å². The van der Waals surface area contributed by atoms with Gasteiger partial charge in [-0.25, -0.2) is 0 Å². The molecule has 0 bridgehead atoms. The van der Waals surface area contributed by atoms with Gasteiger partial charge in [0.15, 0.2) is 0 Å². The molecular weight excluding hydrogens is 673 g/mol. The summed E-state index contributed by atoms with van der Waals surface area (Å²) in [5.41, 5.74) is 7.04. The molecule has 0 N–H and O–H groups in total. The Balaban J connectivity index is 0.000000200. The molecule has 0 atom stereocenters. The van der Waals surface area contributed by atoms with E-state index in [0.717, 1.165) is 22.6 Å². The second-order valence-corrected chi connectivity index (χ2v) is 19.9. The molecule has 2 aromatic rings. The quantitative estimate of drug-likeness (QED) is 0.168. The van der Waals surface area contributed by atoms with E-state index >= 15 is 0 Å². The van der Waals surface area contributed by atoms with Gasteiger partial charge in [0.05, 0.1) is 0 Å². The molecule has 4 saturated carbocycles. The zero-order valence-electron chi connectivity index (χ0n) is 28.2. The molecular formula is C42H62P2Pd. The molecule has 4 aliphatic carbocycles. The van der Waals surface area contributed by atoms with Crippen molar-refractivity contribution in [3.05, 3.63) is 83.9 Å². The predicted molar refractivity (Wildman–Crippen MR) is 202 cm³/mol. The molecule has 0 amide bonds. The summed E-state index contributed by atoms with van der Waals surface area (Å²) in [5.74, 6) is 0. The molecule has 250 valence electrons. The summed E-state index contributed by atoms with van der Waals surface area (Å²) in [5, 5.41) is 0. The largest absolute Gasteiger partial charge is 0.0965 e. The van der Waals surface area contributed by atoms with Crippen molar-refractivity contribution in [3.8, 4) is 0 Å². The van der Waals surface area contributed by atoms with Crippen LogP contribution < -0.4 is 0 Å². The average Bonchev–Trinajstić information content (AvgIpc) is 3.11. The van der Waals surface area contributed by atoms with Crippen LogP contribution in [0.4, 0.5) is 0 Å². The van der Waals surface area contributed by atoms with Gasteiger partial charge >= 0.3 is 0 Å². The SMILES string of the molecule is C(=Cc1ccccc1)CP(C1CCCCC1)C1CCCCC1.C(=Cc1ccccc1)CP(C1CCCCC1)C1CCCCC1.[Pd]. The van der Waals surface area contributed by atoms with Crippen LogP contribution in [0.2, 0.25) is 0 Å². The van der Waals surface area contributed by atoms with Gasteiger partial charge in [0, 0.05) is 20.4 Å². The van der Waals surface area contributed by atoms with Gasteiger partial charge in [-0.2, -0.15) is 0 Å². The standard InChI is InChI=1S/2C21H31P.Pd/c2*1-4-11-19(12-5-1)13-10-18-22(20-14-6-2-7-15-20)21-16-8-3-9-17-21;/h2*1,4-5,10-13,20-21H,2-3,6-9,14-18H2;. The summed E-state index contributed by atoms with van der Waals surface area (Å²) < 4.78 is 0. The first-order valence-corrected chi connectivity index (χ1v) is 22.1. The molecule has 0 radical (unpaired) electrons. The molecule has 0 unspecified atom stereocenters. The molecule has 3 heteroatoms. The molecule has 0 heterocycles. The zero-order valence-corrected chi connectivity index (χ0v) is 31.5. The fraction of sp³-hybridized carbons (Fsp3) is 0.619. The maximum atomic E-state index is 2.50. The third-order valence-corrected chi connectivity index (χ3v) is 18.1. The smallest absolute Gasteiger partial charge is 0 e. The number of allylic oxidation sites excluding steroid dienone is 2. The van der Waals surface area contributed by atoms with Crippen molar-refractivity contribution < 1.29 is 20.4 Å². The molecule has 4 aliphatic rings. The summed E-state index contributed by atoms with van der Waals surface area (Å²) in [6, 6.07) is 21.7. The van der Waals surface area contributed by atoms with Crippen LogP contribution in [0.5, 0.6) is 0 Å². The van der Waals surface area contributed by atoms with E-state index in [-0.39, 0.29) is 36.3 Å². The minimum atomic E-state index is 0. The number of hydrogen-bond donors (Lipinski definition) is 0. The number of rotatable bonds is 10. The van der Waals surface area contributed by atoms with Crippen LogP contribution in [0.1, 0.15) is 140 Å². The first-order chi connectivity index (χ1) is 21.9. The van der Waals surface area contributed by atoms with Gasteiger partial charge in [0.1, 0.15) is 0 Å². The monoisotopic (exact) mass is 734 g/mol. The van der Waals surface area contributed by atoms with E-state index in [0.29, 0.717) is 0 Å². The molecule has 6 rings (SSSR count). The molecule has 0 nitrogen and oxygen atoms in total. The van der Waals surface area contributed by atoms with Crippen LogP contribution in [0.3, 0.4) is 0 Å². The Morgan fingerprint density at radius 1 is 0.400 bits per heavy atom. The molecule has 45 heavy (non-hydrogen) atoms. The third-order valence-electron chi connectivity index (χ3n) is 11.0. The van der Waals surface area contributed by atoms with Crippen molar-refractivity contribution in [2.45, 2.75) is 151 Å². The minimum absolute atomic E-state index is 0. The minimum Gasteiger partial charge on any atom is -0.0965 e. The Morgan fingerprint density at radius 3 is 0.933 bits per heavy atom. The van der Waals surface area contributed by atoms with Crippen LogP contribution in [-0.2, 0) is 20.4 Å². The molecule has 2 aromatic carbocycles. The summed E-state index contributed by atoms with van der Waals surface area (Å²) in [7, 11) is 0.440. The Kier molecular flexibility index (Phi) is 18.3. The van der Waals surface area contributed by atoms with Gasteiger partial charge in [-0.3, -0.25) is 0 Å². The van der Waals surface area contributed by atoms with Crippen LogP contribution in [0.25, 0.3) is 12.2 Å². The van der Waals surface area contributed by atoms with E-state index < -0.39 is 0 Å². The van der Waals surface area contributed by atoms with Crippen LogP contribution in [0.15, 0.2) is 72.8 Å².